The van der Waals surface area contributed by atoms with Gasteiger partial charge in [-0.3, -0.25) is 0 Å². The van der Waals surface area contributed by atoms with Gasteiger partial charge in [0.25, 0.3) is 0 Å². The molecule has 0 amide bonds. The summed E-state index contributed by atoms with van der Waals surface area (Å²) in [6, 6.07) is 0.592. The standard InChI is InChI=1S/C8H12N4/c1-5-6(2)11-12-8(9-5)10-7-3-4-7/h7H,3-4H2,1-2H3,(H,9,10,12). The highest BCUT2D eigenvalue weighted by Crippen LogP contribution is 2.22. The summed E-state index contributed by atoms with van der Waals surface area (Å²) in [7, 11) is 0. The van der Waals surface area contributed by atoms with Crippen molar-refractivity contribution in [2.24, 2.45) is 0 Å². The van der Waals surface area contributed by atoms with Gasteiger partial charge in [0.2, 0.25) is 5.95 Å². The molecule has 0 atom stereocenters. The van der Waals surface area contributed by atoms with E-state index < -0.39 is 0 Å². The molecule has 1 heterocycles. The molecule has 4 heteroatoms. The van der Waals surface area contributed by atoms with Crippen molar-refractivity contribution in [3.8, 4) is 0 Å². The van der Waals surface area contributed by atoms with Gasteiger partial charge in [-0.15, -0.1) is 5.10 Å². The highest BCUT2D eigenvalue weighted by molar-refractivity contribution is 5.28. The summed E-state index contributed by atoms with van der Waals surface area (Å²) >= 11 is 0. The minimum Gasteiger partial charge on any atom is -0.350 e. The summed E-state index contributed by atoms with van der Waals surface area (Å²) in [6.45, 7) is 3.86. The lowest BCUT2D eigenvalue weighted by molar-refractivity contribution is 0.884. The van der Waals surface area contributed by atoms with Crippen LogP contribution < -0.4 is 5.32 Å². The van der Waals surface area contributed by atoms with E-state index in [2.05, 4.69) is 20.5 Å². The fraction of sp³-hybridized carbons (Fsp3) is 0.625. The van der Waals surface area contributed by atoms with E-state index in [1.165, 1.54) is 12.8 Å². The van der Waals surface area contributed by atoms with Gasteiger partial charge in [0.05, 0.1) is 11.4 Å². The van der Waals surface area contributed by atoms with Crippen LogP contribution in [0.3, 0.4) is 0 Å². The number of nitrogens with zero attached hydrogens (tertiary/aromatic N) is 3. The Kier molecular flexibility index (Phi) is 1.67. The zero-order valence-corrected chi connectivity index (χ0v) is 7.33. The predicted octanol–water partition coefficient (Wildman–Crippen LogP) is 1.06. The second-order valence-electron chi connectivity index (χ2n) is 3.22. The zero-order chi connectivity index (χ0) is 8.55. The van der Waals surface area contributed by atoms with Gasteiger partial charge in [-0.2, -0.15) is 5.10 Å². The Morgan fingerprint density at radius 3 is 2.50 bits per heavy atom. The smallest absolute Gasteiger partial charge is 0.243 e. The number of aryl methyl sites for hydroxylation is 2. The van der Waals surface area contributed by atoms with Crippen molar-refractivity contribution in [2.45, 2.75) is 32.7 Å². The number of aromatic nitrogens is 3. The van der Waals surface area contributed by atoms with Crippen molar-refractivity contribution >= 4 is 5.95 Å². The molecule has 4 nitrogen and oxygen atoms in total. The van der Waals surface area contributed by atoms with Gasteiger partial charge in [-0.25, -0.2) is 4.98 Å². The van der Waals surface area contributed by atoms with Crippen LogP contribution in [0.2, 0.25) is 0 Å². The molecule has 0 spiro atoms. The van der Waals surface area contributed by atoms with Gasteiger partial charge in [0.15, 0.2) is 0 Å². The average Bonchev–Trinajstić information content (AvgIpc) is 2.81. The second-order valence-corrected chi connectivity index (χ2v) is 3.22. The molecule has 0 aliphatic heterocycles. The van der Waals surface area contributed by atoms with E-state index in [9.17, 15) is 0 Å². The molecule has 1 aliphatic carbocycles. The van der Waals surface area contributed by atoms with E-state index in [0.29, 0.717) is 12.0 Å². The van der Waals surface area contributed by atoms with Gasteiger partial charge >= 0.3 is 0 Å². The second kappa shape index (κ2) is 2.69. The number of anilines is 1. The largest absolute Gasteiger partial charge is 0.350 e. The molecule has 1 aromatic heterocycles. The summed E-state index contributed by atoms with van der Waals surface area (Å²) in [4.78, 5) is 4.27. The van der Waals surface area contributed by atoms with Crippen molar-refractivity contribution in [1.29, 1.82) is 0 Å². The van der Waals surface area contributed by atoms with Gasteiger partial charge < -0.3 is 5.32 Å². The molecule has 12 heavy (non-hydrogen) atoms. The summed E-state index contributed by atoms with van der Waals surface area (Å²) < 4.78 is 0. The van der Waals surface area contributed by atoms with Crippen LogP contribution in [0.4, 0.5) is 5.95 Å². The first-order valence-corrected chi connectivity index (χ1v) is 4.20. The number of hydrogen-bond acceptors (Lipinski definition) is 4. The highest BCUT2D eigenvalue weighted by Gasteiger charge is 2.22. The fourth-order valence-electron chi connectivity index (χ4n) is 0.928. The lowest BCUT2D eigenvalue weighted by atomic mass is 10.4. The molecule has 0 saturated heterocycles. The predicted molar refractivity (Wildman–Crippen MR) is 45.9 cm³/mol. The topological polar surface area (TPSA) is 50.7 Å². The maximum absolute atomic E-state index is 4.27. The molecule has 64 valence electrons. The summed E-state index contributed by atoms with van der Waals surface area (Å²) in [5.74, 6) is 0.667. The van der Waals surface area contributed by atoms with Crippen LogP contribution in [0.5, 0.6) is 0 Å². The Balaban J connectivity index is 2.15. The van der Waals surface area contributed by atoms with Gasteiger partial charge in [0.1, 0.15) is 0 Å². The molecule has 1 fully saturated rings. The summed E-state index contributed by atoms with van der Waals surface area (Å²) in [6.07, 6.45) is 2.46. The zero-order valence-electron chi connectivity index (χ0n) is 7.33. The molecule has 0 aromatic carbocycles. The molecular weight excluding hydrogens is 152 g/mol. The van der Waals surface area contributed by atoms with Crippen LogP contribution in [0.1, 0.15) is 24.2 Å². The van der Waals surface area contributed by atoms with Crippen molar-refractivity contribution in [1.82, 2.24) is 15.2 Å². The summed E-state index contributed by atoms with van der Waals surface area (Å²) in [5.41, 5.74) is 1.85. The molecular formula is C8H12N4. The van der Waals surface area contributed by atoms with E-state index >= 15 is 0 Å². The quantitative estimate of drug-likeness (QED) is 0.710. The lowest BCUT2D eigenvalue weighted by Crippen LogP contribution is -2.08. The van der Waals surface area contributed by atoms with Gasteiger partial charge in [-0.1, -0.05) is 0 Å². The van der Waals surface area contributed by atoms with E-state index in [1.54, 1.807) is 0 Å². The van der Waals surface area contributed by atoms with E-state index in [0.717, 1.165) is 11.4 Å². The minimum absolute atomic E-state index is 0.592. The molecule has 1 aromatic rings. The van der Waals surface area contributed by atoms with E-state index in [-0.39, 0.29) is 0 Å². The Labute approximate surface area is 71.4 Å². The Bertz CT molecular complexity index is 293. The van der Waals surface area contributed by atoms with Crippen LogP contribution >= 0.6 is 0 Å². The average molecular weight is 164 g/mol. The maximum Gasteiger partial charge on any atom is 0.243 e. The fourth-order valence-corrected chi connectivity index (χ4v) is 0.928. The molecule has 1 saturated carbocycles. The Hall–Kier alpha value is -1.19. The maximum atomic E-state index is 4.27. The molecule has 0 radical (unpaired) electrons. The van der Waals surface area contributed by atoms with E-state index in [1.807, 2.05) is 13.8 Å². The molecule has 1 aliphatic rings. The number of nitrogens with one attached hydrogen (secondary N) is 1. The van der Waals surface area contributed by atoms with Crippen LogP contribution in [0.15, 0.2) is 0 Å². The first-order chi connectivity index (χ1) is 5.75. The lowest BCUT2D eigenvalue weighted by Gasteiger charge is -2.02. The minimum atomic E-state index is 0.592. The van der Waals surface area contributed by atoms with Crippen molar-refractivity contribution < 1.29 is 0 Å². The first-order valence-electron chi connectivity index (χ1n) is 4.20. The van der Waals surface area contributed by atoms with Crippen LogP contribution in [0, 0.1) is 13.8 Å². The number of rotatable bonds is 2. The first kappa shape index (κ1) is 7.46. The third-order valence-electron chi connectivity index (χ3n) is 2.00. The molecule has 0 bridgehead atoms. The SMILES string of the molecule is Cc1nnc(NC2CC2)nc1C. The van der Waals surface area contributed by atoms with Crippen molar-refractivity contribution in [3.05, 3.63) is 11.4 Å². The Morgan fingerprint density at radius 2 is 1.92 bits per heavy atom. The summed E-state index contributed by atoms with van der Waals surface area (Å²) in [5, 5.41) is 11.1. The van der Waals surface area contributed by atoms with Crippen LogP contribution in [0.25, 0.3) is 0 Å². The Morgan fingerprint density at radius 1 is 1.17 bits per heavy atom. The van der Waals surface area contributed by atoms with Gasteiger partial charge in [0, 0.05) is 6.04 Å². The van der Waals surface area contributed by atoms with Gasteiger partial charge in [-0.05, 0) is 26.7 Å². The van der Waals surface area contributed by atoms with Crippen LogP contribution in [-0.2, 0) is 0 Å². The van der Waals surface area contributed by atoms with Crippen LogP contribution in [-0.4, -0.2) is 21.2 Å². The molecule has 0 unspecified atom stereocenters. The molecule has 1 N–H and O–H groups in total. The third-order valence-corrected chi connectivity index (χ3v) is 2.00. The highest BCUT2D eigenvalue weighted by atomic mass is 15.3. The van der Waals surface area contributed by atoms with Crippen molar-refractivity contribution in [3.63, 3.8) is 0 Å². The third kappa shape index (κ3) is 1.52. The monoisotopic (exact) mass is 164 g/mol. The van der Waals surface area contributed by atoms with E-state index in [4.69, 9.17) is 0 Å². The van der Waals surface area contributed by atoms with Crippen molar-refractivity contribution in [2.75, 3.05) is 5.32 Å². The molecule has 2 rings (SSSR count). The normalized spacial score (nSPS) is 16.2. The number of hydrogen-bond donors (Lipinski definition) is 1.